The minimum Gasteiger partial charge on any atom is -0.489 e. The number of nitrogens with one attached hydrogen (secondary N) is 1. The maximum atomic E-state index is 12.9. The minimum atomic E-state index is -3.60. The number of sulfonamides is 1. The number of benzene rings is 2. The smallest absolute Gasteiger partial charge is 0.227 e. The van der Waals surface area contributed by atoms with Gasteiger partial charge in [-0.2, -0.15) is 0 Å². The van der Waals surface area contributed by atoms with E-state index in [0.29, 0.717) is 39.9 Å². The number of hydrogen-bond donors (Lipinski definition) is 1. The van der Waals surface area contributed by atoms with Gasteiger partial charge in [0, 0.05) is 34.6 Å². The van der Waals surface area contributed by atoms with E-state index in [4.69, 9.17) is 27.9 Å². The molecular weight excluding hydrogens is 459 g/mol. The second-order valence-electron chi connectivity index (χ2n) is 7.78. The molecule has 1 aliphatic rings. The SMILES string of the molecule is CC(C)Oc1ccccc1NC(=O)C1CCN(S(=O)(=O)Cc2c(Cl)cccc2Cl)CC1. The highest BCUT2D eigenvalue weighted by atomic mass is 35.5. The second-order valence-corrected chi connectivity index (χ2v) is 10.6. The van der Waals surface area contributed by atoms with Crippen molar-refractivity contribution < 1.29 is 17.9 Å². The monoisotopic (exact) mass is 484 g/mol. The molecule has 6 nitrogen and oxygen atoms in total. The lowest BCUT2D eigenvalue weighted by Gasteiger charge is -2.31. The molecule has 3 rings (SSSR count). The zero-order chi connectivity index (χ0) is 22.6. The van der Waals surface area contributed by atoms with E-state index < -0.39 is 10.0 Å². The third-order valence-electron chi connectivity index (χ3n) is 5.11. The van der Waals surface area contributed by atoms with E-state index in [1.165, 1.54) is 4.31 Å². The Bertz CT molecular complexity index is 1020. The highest BCUT2D eigenvalue weighted by Gasteiger charge is 2.32. The van der Waals surface area contributed by atoms with E-state index in [1.54, 1.807) is 24.3 Å². The van der Waals surface area contributed by atoms with Crippen LogP contribution in [-0.4, -0.2) is 37.8 Å². The van der Waals surface area contributed by atoms with Gasteiger partial charge >= 0.3 is 0 Å². The average molecular weight is 485 g/mol. The van der Waals surface area contributed by atoms with Crippen molar-refractivity contribution in [1.29, 1.82) is 0 Å². The van der Waals surface area contributed by atoms with Gasteiger partial charge in [0.25, 0.3) is 0 Å². The van der Waals surface area contributed by atoms with E-state index in [-0.39, 0.29) is 36.8 Å². The quantitative estimate of drug-likeness (QED) is 0.602. The molecule has 0 spiro atoms. The van der Waals surface area contributed by atoms with Gasteiger partial charge in [-0.15, -0.1) is 0 Å². The van der Waals surface area contributed by atoms with Crippen molar-refractivity contribution in [2.75, 3.05) is 18.4 Å². The van der Waals surface area contributed by atoms with E-state index in [2.05, 4.69) is 5.32 Å². The molecular formula is C22H26Cl2N2O4S. The number of ether oxygens (including phenoxy) is 1. The van der Waals surface area contributed by atoms with Gasteiger partial charge in [-0.25, -0.2) is 12.7 Å². The molecule has 1 saturated heterocycles. The molecule has 0 radical (unpaired) electrons. The highest BCUT2D eigenvalue weighted by molar-refractivity contribution is 7.88. The van der Waals surface area contributed by atoms with Crippen LogP contribution < -0.4 is 10.1 Å². The fourth-order valence-corrected chi connectivity index (χ4v) is 5.82. The van der Waals surface area contributed by atoms with Crippen LogP contribution in [0, 0.1) is 5.92 Å². The van der Waals surface area contributed by atoms with Crippen LogP contribution in [-0.2, 0) is 20.6 Å². The van der Waals surface area contributed by atoms with Crippen LogP contribution in [0.1, 0.15) is 32.3 Å². The first kappa shape index (κ1) is 23.9. The third kappa shape index (κ3) is 6.13. The molecule has 0 unspecified atom stereocenters. The minimum absolute atomic E-state index is 0.0156. The van der Waals surface area contributed by atoms with Gasteiger partial charge in [0.15, 0.2) is 0 Å². The van der Waals surface area contributed by atoms with E-state index in [1.807, 2.05) is 32.0 Å². The number of piperidine rings is 1. The molecule has 0 bridgehead atoms. The summed E-state index contributed by atoms with van der Waals surface area (Å²) in [7, 11) is -3.60. The Kier molecular flexibility index (Phi) is 7.86. The fourth-order valence-electron chi connectivity index (χ4n) is 3.50. The Hall–Kier alpha value is -1.80. The first-order valence-electron chi connectivity index (χ1n) is 10.1. The molecule has 1 heterocycles. The van der Waals surface area contributed by atoms with Crippen molar-refractivity contribution in [3.8, 4) is 5.75 Å². The Morgan fingerprint density at radius 2 is 1.71 bits per heavy atom. The predicted molar refractivity (Wildman–Crippen MR) is 124 cm³/mol. The summed E-state index contributed by atoms with van der Waals surface area (Å²) in [5.41, 5.74) is 1.01. The van der Waals surface area contributed by atoms with Gasteiger partial charge in [-0.05, 0) is 51.0 Å². The molecule has 1 fully saturated rings. The zero-order valence-corrected chi connectivity index (χ0v) is 19.8. The summed E-state index contributed by atoms with van der Waals surface area (Å²) in [6.45, 7) is 4.38. The Balaban J connectivity index is 1.61. The molecule has 1 N–H and O–H groups in total. The summed E-state index contributed by atoms with van der Waals surface area (Å²) in [6, 6.07) is 12.2. The molecule has 0 aromatic heterocycles. The summed E-state index contributed by atoms with van der Waals surface area (Å²) < 4.78 is 32.9. The number of carbonyl (C=O) groups excluding carboxylic acids is 1. The number of amides is 1. The lowest BCUT2D eigenvalue weighted by Crippen LogP contribution is -2.42. The lowest BCUT2D eigenvalue weighted by atomic mass is 9.97. The Morgan fingerprint density at radius 1 is 1.10 bits per heavy atom. The molecule has 0 atom stereocenters. The number of anilines is 1. The molecule has 1 aliphatic heterocycles. The van der Waals surface area contributed by atoms with Gasteiger partial charge in [-0.1, -0.05) is 41.4 Å². The largest absolute Gasteiger partial charge is 0.489 e. The van der Waals surface area contributed by atoms with Crippen molar-refractivity contribution in [3.05, 3.63) is 58.1 Å². The van der Waals surface area contributed by atoms with Gasteiger partial charge in [-0.3, -0.25) is 4.79 Å². The third-order valence-corrected chi connectivity index (χ3v) is 7.63. The number of para-hydroxylation sites is 2. The molecule has 0 aliphatic carbocycles. The van der Waals surface area contributed by atoms with Crippen LogP contribution in [0.2, 0.25) is 10.0 Å². The van der Waals surface area contributed by atoms with Gasteiger partial charge in [0.1, 0.15) is 5.75 Å². The maximum Gasteiger partial charge on any atom is 0.227 e. The van der Waals surface area contributed by atoms with Crippen LogP contribution in [0.5, 0.6) is 5.75 Å². The highest BCUT2D eigenvalue weighted by Crippen LogP contribution is 2.30. The summed E-state index contributed by atoms with van der Waals surface area (Å²) in [4.78, 5) is 12.8. The number of halogens is 2. The second kappa shape index (κ2) is 10.2. The van der Waals surface area contributed by atoms with Crippen molar-refractivity contribution in [1.82, 2.24) is 4.31 Å². The molecule has 31 heavy (non-hydrogen) atoms. The fraction of sp³-hybridized carbons (Fsp3) is 0.409. The zero-order valence-electron chi connectivity index (χ0n) is 17.5. The number of nitrogens with zero attached hydrogens (tertiary/aromatic N) is 1. The molecule has 1 amide bonds. The summed E-state index contributed by atoms with van der Waals surface area (Å²) in [5.74, 6) is -0.0570. The van der Waals surface area contributed by atoms with Crippen molar-refractivity contribution in [2.24, 2.45) is 5.92 Å². The van der Waals surface area contributed by atoms with E-state index in [9.17, 15) is 13.2 Å². The van der Waals surface area contributed by atoms with Crippen LogP contribution in [0.15, 0.2) is 42.5 Å². The number of hydrogen-bond acceptors (Lipinski definition) is 4. The van der Waals surface area contributed by atoms with Crippen LogP contribution in [0.3, 0.4) is 0 Å². The number of rotatable bonds is 7. The molecule has 168 valence electrons. The summed E-state index contributed by atoms with van der Waals surface area (Å²) in [6.07, 6.45) is 0.862. The first-order valence-corrected chi connectivity index (χ1v) is 12.5. The topological polar surface area (TPSA) is 75.7 Å². The van der Waals surface area contributed by atoms with Crippen molar-refractivity contribution >= 4 is 44.8 Å². The molecule has 0 saturated carbocycles. The van der Waals surface area contributed by atoms with Crippen LogP contribution in [0.25, 0.3) is 0 Å². The molecule has 2 aromatic carbocycles. The van der Waals surface area contributed by atoms with Gasteiger partial charge < -0.3 is 10.1 Å². The van der Waals surface area contributed by atoms with Crippen LogP contribution >= 0.6 is 23.2 Å². The predicted octanol–water partition coefficient (Wildman–Crippen LogP) is 4.96. The Morgan fingerprint density at radius 3 is 2.32 bits per heavy atom. The summed E-state index contributed by atoms with van der Waals surface area (Å²) in [5, 5.41) is 3.58. The van der Waals surface area contributed by atoms with E-state index in [0.717, 1.165) is 0 Å². The van der Waals surface area contributed by atoms with Crippen molar-refractivity contribution in [2.45, 2.75) is 38.5 Å². The van der Waals surface area contributed by atoms with Crippen molar-refractivity contribution in [3.63, 3.8) is 0 Å². The Labute approximate surface area is 193 Å². The number of carbonyl (C=O) groups is 1. The first-order chi connectivity index (χ1) is 14.7. The van der Waals surface area contributed by atoms with Gasteiger partial charge in [0.05, 0.1) is 17.5 Å². The molecule has 9 heteroatoms. The van der Waals surface area contributed by atoms with E-state index >= 15 is 0 Å². The molecule has 2 aromatic rings. The summed E-state index contributed by atoms with van der Waals surface area (Å²) >= 11 is 12.3. The normalized spacial score (nSPS) is 15.8. The van der Waals surface area contributed by atoms with Crippen LogP contribution in [0.4, 0.5) is 5.69 Å². The van der Waals surface area contributed by atoms with Gasteiger partial charge in [0.2, 0.25) is 15.9 Å². The lowest BCUT2D eigenvalue weighted by molar-refractivity contribution is -0.120. The maximum absolute atomic E-state index is 12.9. The standard InChI is InChI=1S/C22H26Cl2N2O4S/c1-15(2)30-21-9-4-3-8-20(21)25-22(27)16-10-12-26(13-11-16)31(28,29)14-17-18(23)6-5-7-19(17)24/h3-9,15-16H,10-14H2,1-2H3,(H,25,27). The average Bonchev–Trinajstić information content (AvgIpc) is 2.72.